The van der Waals surface area contributed by atoms with Crippen molar-refractivity contribution in [1.82, 2.24) is 9.80 Å². The molecular weight excluding hydrogens is 821 g/mol. The van der Waals surface area contributed by atoms with Crippen molar-refractivity contribution in [3.05, 3.63) is 88.5 Å². The van der Waals surface area contributed by atoms with E-state index in [2.05, 4.69) is 127 Å². The predicted octanol–water partition coefficient (Wildman–Crippen LogP) is 12.6. The summed E-state index contributed by atoms with van der Waals surface area (Å²) in [5.41, 5.74) is 9.42. The maximum atomic E-state index is 10.8. The number of likely N-dealkylation sites (N-methyl/N-ethyl adjacent to an activating group) is 1. The molecule has 0 aromatic heterocycles. The van der Waals surface area contributed by atoms with E-state index in [0.717, 1.165) is 37.8 Å². The molecule has 4 aliphatic carbocycles. The number of carbonyl (C=O) groups is 2. The number of allylic oxidation sites excluding steroid dienone is 4. The fraction of sp³-hybridized carbons (Fsp3) is 0.630. The summed E-state index contributed by atoms with van der Waals surface area (Å²) in [5, 5.41) is 26.4. The smallest absolute Gasteiger partial charge is 0.328 e. The second-order valence-corrected chi connectivity index (χ2v) is 23.2. The molecule has 3 fully saturated rings. The van der Waals surface area contributed by atoms with Crippen molar-refractivity contribution in [3.8, 4) is 0 Å². The van der Waals surface area contributed by atoms with E-state index in [0.29, 0.717) is 40.4 Å². The highest BCUT2D eigenvalue weighted by Crippen LogP contribution is 2.72. The number of aliphatic hydroxyl groups is 1. The summed E-state index contributed by atoms with van der Waals surface area (Å²) < 4.78 is 0. The summed E-state index contributed by atoms with van der Waals surface area (Å²) in [7, 11) is 2.23. The number of aliphatic hydroxyl groups excluding tert-OH is 1. The summed E-state index contributed by atoms with van der Waals surface area (Å²) >= 11 is 3.79. The van der Waals surface area contributed by atoms with E-state index in [1.54, 1.807) is 0 Å². The quantitative estimate of drug-likeness (QED) is 0.136. The Balaban J connectivity index is 0.000000183. The first-order valence-corrected chi connectivity index (χ1v) is 25.8. The molecule has 7 nitrogen and oxygen atoms in total. The fourth-order valence-corrected chi connectivity index (χ4v) is 14.8. The van der Waals surface area contributed by atoms with Crippen LogP contribution in [-0.2, 0) is 16.0 Å². The molecule has 346 valence electrons. The van der Waals surface area contributed by atoms with Gasteiger partial charge in [-0.2, -0.15) is 0 Å². The van der Waals surface area contributed by atoms with E-state index in [4.69, 9.17) is 10.2 Å². The molecule has 8 atom stereocenters. The van der Waals surface area contributed by atoms with Crippen molar-refractivity contribution < 1.29 is 24.9 Å². The molecule has 0 spiro atoms. The van der Waals surface area contributed by atoms with Gasteiger partial charge in [0.1, 0.15) is 0 Å². The van der Waals surface area contributed by atoms with Crippen LogP contribution in [0.1, 0.15) is 137 Å². The second-order valence-electron chi connectivity index (χ2n) is 21.3. The van der Waals surface area contributed by atoms with Crippen molar-refractivity contribution in [2.45, 2.75) is 153 Å². The zero-order valence-electron chi connectivity index (χ0n) is 40.1. The normalized spacial score (nSPS) is 31.6. The summed E-state index contributed by atoms with van der Waals surface area (Å²) in [6, 6.07) is 16.5. The first-order chi connectivity index (χ1) is 29.7. The van der Waals surface area contributed by atoms with Crippen molar-refractivity contribution in [2.75, 3.05) is 39.5 Å². The number of piperazine rings is 1. The molecular formula is C54H78N2O5S2. The number of hydrogen-bond acceptors (Lipinski definition) is 7. The third-order valence-electron chi connectivity index (χ3n) is 17.2. The van der Waals surface area contributed by atoms with Gasteiger partial charge in [-0.05, 0) is 173 Å². The van der Waals surface area contributed by atoms with Crippen molar-refractivity contribution in [2.24, 2.45) is 39.4 Å². The number of benzene rings is 2. The Hall–Kier alpha value is -2.82. The van der Waals surface area contributed by atoms with Gasteiger partial charge in [-0.15, -0.1) is 11.8 Å². The SMILES string of the molecule is CC(C)=CCCC(C)C1CCC2(C)C3=C(CCC12C)C1(C)CCC(O)C(C)(C)C1CC3.CSc1ccc2c(c1)C(N1CCN(C)CC1)Cc1ccccc1S2.O=C(O)C=CC(=O)O. The average molecular weight is 899 g/mol. The molecule has 6 aliphatic rings. The van der Waals surface area contributed by atoms with Crippen LogP contribution in [0, 0.1) is 39.4 Å². The summed E-state index contributed by atoms with van der Waals surface area (Å²) in [6.45, 7) is 24.3. The number of carboxylic acids is 2. The number of fused-ring (bicyclic) bond motifs is 6. The molecule has 2 heterocycles. The zero-order valence-corrected chi connectivity index (χ0v) is 41.8. The highest BCUT2D eigenvalue weighted by Gasteiger charge is 2.63. The molecule has 63 heavy (non-hydrogen) atoms. The van der Waals surface area contributed by atoms with Gasteiger partial charge in [0.05, 0.1) is 6.10 Å². The standard InChI is InChI=1S/C30H50O.C20H24N2S2.C4H4O4/c1-20(2)10-9-11-21(3)22-14-18-30(8)24-12-13-25-27(4,5)26(31)16-17-28(25,6)23(24)15-19-29(22,30)7;1-21-9-11-22(12-10-21)18-13-15-5-3-4-6-19(15)24-20-8-7-16(23-2)14-17(18)20;5-3(6)1-2-4(7)8/h10,21-22,25-26,31H,9,11-19H2,1-8H3;3-8,14,18H,9-13H2,1-2H3;1-2H,(H,5,6)(H,7,8). The van der Waals surface area contributed by atoms with Gasteiger partial charge in [0.2, 0.25) is 0 Å². The maximum absolute atomic E-state index is 10.8. The number of thioether (sulfide) groups is 1. The molecule has 2 saturated carbocycles. The molecule has 8 rings (SSSR count). The Morgan fingerprint density at radius 1 is 0.873 bits per heavy atom. The van der Waals surface area contributed by atoms with Crippen molar-refractivity contribution in [1.29, 1.82) is 0 Å². The third-order valence-corrected chi connectivity index (χ3v) is 19.1. The molecule has 9 heteroatoms. The molecule has 3 N–H and O–H groups in total. The van der Waals surface area contributed by atoms with Gasteiger partial charge in [0, 0.05) is 59.1 Å². The summed E-state index contributed by atoms with van der Waals surface area (Å²) in [6.07, 6.45) is 19.6. The Morgan fingerprint density at radius 2 is 1.56 bits per heavy atom. The Kier molecular flexibility index (Phi) is 16.0. The number of carboxylic acid groups (broad SMARTS) is 2. The minimum atomic E-state index is -1.26. The lowest BCUT2D eigenvalue weighted by molar-refractivity contribution is -0.134. The van der Waals surface area contributed by atoms with E-state index in [1.807, 2.05) is 34.7 Å². The van der Waals surface area contributed by atoms with Crippen LogP contribution >= 0.6 is 23.5 Å². The lowest BCUT2D eigenvalue weighted by Crippen LogP contribution is -2.55. The van der Waals surface area contributed by atoms with Crippen LogP contribution in [0.5, 0.6) is 0 Å². The van der Waals surface area contributed by atoms with Crippen LogP contribution in [0.2, 0.25) is 0 Å². The molecule has 8 unspecified atom stereocenters. The first kappa shape index (κ1) is 49.6. The van der Waals surface area contributed by atoms with Crippen molar-refractivity contribution >= 4 is 35.5 Å². The molecule has 0 radical (unpaired) electrons. The van der Waals surface area contributed by atoms with Gasteiger partial charge < -0.3 is 20.2 Å². The topological polar surface area (TPSA) is 101 Å². The second kappa shape index (κ2) is 20.4. The van der Waals surface area contributed by atoms with Gasteiger partial charge in [-0.1, -0.05) is 94.3 Å². The van der Waals surface area contributed by atoms with Crippen molar-refractivity contribution in [3.63, 3.8) is 0 Å². The number of aliphatic carboxylic acids is 2. The van der Waals surface area contributed by atoms with E-state index < -0.39 is 11.9 Å². The Labute approximate surface area is 388 Å². The Bertz CT molecular complexity index is 2030. The van der Waals surface area contributed by atoms with E-state index in [9.17, 15) is 14.7 Å². The summed E-state index contributed by atoms with van der Waals surface area (Å²) in [5.74, 6) is -0.192. The number of hydrogen-bond donors (Lipinski definition) is 3. The van der Waals surface area contributed by atoms with Gasteiger partial charge in [-0.3, -0.25) is 4.90 Å². The van der Waals surface area contributed by atoms with Gasteiger partial charge >= 0.3 is 11.9 Å². The molecule has 0 bridgehead atoms. The van der Waals surface area contributed by atoms with Crippen LogP contribution < -0.4 is 0 Å². The highest BCUT2D eigenvalue weighted by atomic mass is 32.2. The molecule has 0 amide bonds. The lowest BCUT2D eigenvalue weighted by atomic mass is 9.43. The van der Waals surface area contributed by atoms with E-state index in [-0.39, 0.29) is 11.5 Å². The largest absolute Gasteiger partial charge is 0.478 e. The number of rotatable bonds is 8. The first-order valence-electron chi connectivity index (χ1n) is 23.8. The van der Waals surface area contributed by atoms with Gasteiger partial charge in [-0.25, -0.2) is 9.59 Å². The monoisotopic (exact) mass is 899 g/mol. The van der Waals surface area contributed by atoms with Crippen LogP contribution in [0.15, 0.2) is 92.1 Å². The Morgan fingerprint density at radius 3 is 2.21 bits per heavy atom. The maximum Gasteiger partial charge on any atom is 0.328 e. The molecule has 1 saturated heterocycles. The minimum absolute atomic E-state index is 0.0465. The molecule has 2 aromatic carbocycles. The lowest BCUT2D eigenvalue weighted by Gasteiger charge is -2.62. The minimum Gasteiger partial charge on any atom is -0.478 e. The van der Waals surface area contributed by atoms with Crippen LogP contribution in [-0.4, -0.2) is 82.6 Å². The van der Waals surface area contributed by atoms with E-state index >= 15 is 0 Å². The highest BCUT2D eigenvalue weighted by molar-refractivity contribution is 7.99. The van der Waals surface area contributed by atoms with E-state index in [1.165, 1.54) is 102 Å². The fourth-order valence-electron chi connectivity index (χ4n) is 13.3. The van der Waals surface area contributed by atoms with Gasteiger partial charge in [0.15, 0.2) is 0 Å². The number of nitrogens with zero attached hydrogens (tertiary/aromatic N) is 2. The molecule has 2 aromatic rings. The van der Waals surface area contributed by atoms with Crippen LogP contribution in [0.25, 0.3) is 0 Å². The molecule has 2 aliphatic heterocycles. The van der Waals surface area contributed by atoms with Crippen LogP contribution in [0.3, 0.4) is 0 Å². The van der Waals surface area contributed by atoms with Gasteiger partial charge in [0.25, 0.3) is 0 Å². The average Bonchev–Trinajstić information content (AvgIpc) is 3.41. The van der Waals surface area contributed by atoms with Crippen LogP contribution in [0.4, 0.5) is 0 Å². The predicted molar refractivity (Wildman–Crippen MR) is 262 cm³/mol. The summed E-state index contributed by atoms with van der Waals surface area (Å²) in [4.78, 5) is 28.5. The third kappa shape index (κ3) is 10.4. The zero-order chi connectivity index (χ0) is 45.9.